The number of benzene rings is 2. The minimum Gasteiger partial charge on any atom is -0.490 e. The molecule has 0 aliphatic heterocycles. The fourth-order valence-electron chi connectivity index (χ4n) is 2.85. The molecule has 0 radical (unpaired) electrons. The lowest BCUT2D eigenvalue weighted by molar-refractivity contribution is -0.137. The Morgan fingerprint density at radius 2 is 1.81 bits per heavy atom. The average molecular weight is 464 g/mol. The third kappa shape index (κ3) is 4.93. The van der Waals surface area contributed by atoms with Gasteiger partial charge in [-0.05, 0) is 30.3 Å². The van der Waals surface area contributed by atoms with E-state index in [0.717, 1.165) is 12.1 Å². The quantitative estimate of drug-likeness (QED) is 0.205. The zero-order chi connectivity index (χ0) is 22.7. The van der Waals surface area contributed by atoms with Crippen LogP contribution in [0.2, 0.25) is 0 Å². The highest BCUT2D eigenvalue weighted by Crippen LogP contribution is 2.32. The summed E-state index contributed by atoms with van der Waals surface area (Å²) >= 11 is 1.25. The van der Waals surface area contributed by atoms with E-state index in [-0.39, 0.29) is 18.2 Å². The van der Waals surface area contributed by atoms with Crippen molar-refractivity contribution in [1.29, 1.82) is 0 Å². The molecule has 11 heteroatoms. The minimum atomic E-state index is -4.40. The van der Waals surface area contributed by atoms with Gasteiger partial charge in [0, 0.05) is 18.4 Å². The van der Waals surface area contributed by atoms with Crippen molar-refractivity contribution >= 4 is 11.8 Å². The zero-order valence-corrected chi connectivity index (χ0v) is 17.5. The lowest BCUT2D eigenvalue weighted by atomic mass is 10.1. The molecule has 0 unspecified atom stereocenters. The van der Waals surface area contributed by atoms with Crippen LogP contribution >= 0.6 is 11.8 Å². The van der Waals surface area contributed by atoms with Gasteiger partial charge in [0.15, 0.2) is 11.6 Å². The Morgan fingerprint density at radius 1 is 1.06 bits per heavy atom. The number of ether oxygens (including phenoxy) is 1. The number of halogens is 4. The fourth-order valence-corrected chi connectivity index (χ4v) is 3.43. The van der Waals surface area contributed by atoms with Crippen LogP contribution in [0.5, 0.6) is 5.75 Å². The molecule has 4 rings (SSSR count). The zero-order valence-electron chi connectivity index (χ0n) is 16.6. The second-order valence-electron chi connectivity index (χ2n) is 6.61. The predicted molar refractivity (Wildman–Crippen MR) is 110 cm³/mol. The topological polar surface area (TPSA) is 66.0 Å². The number of rotatable bonds is 7. The molecule has 32 heavy (non-hydrogen) atoms. The third-order valence-corrected chi connectivity index (χ3v) is 5.20. The maximum atomic E-state index is 13.5. The Balaban J connectivity index is 1.40. The van der Waals surface area contributed by atoms with Gasteiger partial charge < -0.3 is 9.15 Å². The molecule has 0 atom stereocenters. The molecule has 0 saturated heterocycles. The molecule has 166 valence electrons. The highest BCUT2D eigenvalue weighted by molar-refractivity contribution is 7.99. The van der Waals surface area contributed by atoms with Gasteiger partial charge in [-0.15, -0.1) is 10.2 Å². The number of hydrogen-bond acceptors (Lipinski definition) is 6. The SMILES string of the molecule is Cn1nc(-c2ccc(C(F)(F)F)cc2)cc1-c1nnc(SCCOc2ccccc2F)o1. The van der Waals surface area contributed by atoms with Gasteiger partial charge in [0.25, 0.3) is 11.1 Å². The van der Waals surface area contributed by atoms with Crippen molar-refractivity contribution in [3.8, 4) is 28.6 Å². The largest absolute Gasteiger partial charge is 0.490 e. The first-order chi connectivity index (χ1) is 15.3. The van der Waals surface area contributed by atoms with E-state index >= 15 is 0 Å². The van der Waals surface area contributed by atoms with Crippen LogP contribution in [0, 0.1) is 5.82 Å². The van der Waals surface area contributed by atoms with Crippen molar-refractivity contribution in [3.63, 3.8) is 0 Å². The summed E-state index contributed by atoms with van der Waals surface area (Å²) in [6.07, 6.45) is -4.40. The lowest BCUT2D eigenvalue weighted by Crippen LogP contribution is -2.04. The van der Waals surface area contributed by atoms with E-state index in [9.17, 15) is 17.6 Å². The monoisotopic (exact) mass is 464 g/mol. The van der Waals surface area contributed by atoms with Crippen LogP contribution < -0.4 is 4.74 Å². The minimum absolute atomic E-state index is 0.171. The van der Waals surface area contributed by atoms with Gasteiger partial charge in [-0.2, -0.15) is 18.3 Å². The molecule has 0 N–H and O–H groups in total. The maximum Gasteiger partial charge on any atom is 0.416 e. The molecule has 2 heterocycles. The van der Waals surface area contributed by atoms with Crippen LogP contribution in [-0.2, 0) is 13.2 Å². The van der Waals surface area contributed by atoms with Crippen molar-refractivity contribution in [3.05, 3.63) is 66.0 Å². The number of aromatic nitrogens is 4. The first-order valence-electron chi connectivity index (χ1n) is 9.37. The molecule has 2 aromatic heterocycles. The molecule has 0 bridgehead atoms. The van der Waals surface area contributed by atoms with Gasteiger partial charge in [0.2, 0.25) is 0 Å². The first-order valence-corrected chi connectivity index (χ1v) is 10.4. The Labute approximate surface area is 184 Å². The predicted octanol–water partition coefficient (Wildman–Crippen LogP) is 5.47. The van der Waals surface area contributed by atoms with E-state index in [0.29, 0.717) is 27.9 Å². The molecular weight excluding hydrogens is 448 g/mol. The summed E-state index contributed by atoms with van der Waals surface area (Å²) in [6.45, 7) is 0.243. The van der Waals surface area contributed by atoms with Gasteiger partial charge in [-0.25, -0.2) is 4.39 Å². The highest BCUT2D eigenvalue weighted by Gasteiger charge is 2.30. The van der Waals surface area contributed by atoms with Gasteiger partial charge >= 0.3 is 6.18 Å². The smallest absolute Gasteiger partial charge is 0.416 e. The van der Waals surface area contributed by atoms with Crippen LogP contribution in [0.15, 0.2) is 64.2 Å². The second kappa shape index (κ2) is 9.03. The van der Waals surface area contributed by atoms with Crippen LogP contribution in [0.25, 0.3) is 22.8 Å². The molecule has 0 amide bonds. The summed E-state index contributed by atoms with van der Waals surface area (Å²) in [6, 6.07) is 12.5. The van der Waals surface area contributed by atoms with E-state index in [1.165, 1.54) is 34.6 Å². The van der Waals surface area contributed by atoms with Crippen LogP contribution in [-0.4, -0.2) is 32.3 Å². The van der Waals surface area contributed by atoms with Crippen molar-refractivity contribution in [2.75, 3.05) is 12.4 Å². The van der Waals surface area contributed by atoms with Crippen LogP contribution in [0.3, 0.4) is 0 Å². The molecular formula is C21H16F4N4O2S. The van der Waals surface area contributed by atoms with E-state index in [1.807, 2.05) is 0 Å². The first kappa shape index (κ1) is 21.9. The van der Waals surface area contributed by atoms with Gasteiger partial charge in [0.05, 0.1) is 17.9 Å². The van der Waals surface area contributed by atoms with E-state index < -0.39 is 17.6 Å². The summed E-state index contributed by atoms with van der Waals surface area (Å²) in [5.74, 6) is 0.413. The van der Waals surface area contributed by atoms with Crippen molar-refractivity contribution in [1.82, 2.24) is 20.0 Å². The average Bonchev–Trinajstić information content (AvgIpc) is 3.38. The standard InChI is InChI=1S/C21H16F4N4O2S/c1-29-17(12-16(28-29)13-6-8-14(9-7-13)21(23,24)25)19-26-27-20(31-19)32-11-10-30-18-5-3-2-4-15(18)22/h2-9,12H,10-11H2,1H3. The number of thioether (sulfide) groups is 1. The Kier molecular flexibility index (Phi) is 6.17. The van der Waals surface area contributed by atoms with Gasteiger partial charge in [0.1, 0.15) is 5.69 Å². The number of aryl methyl sites for hydroxylation is 1. The molecule has 0 fully saturated rings. The van der Waals surface area contributed by atoms with E-state index in [1.54, 1.807) is 31.3 Å². The van der Waals surface area contributed by atoms with Crippen LogP contribution in [0.1, 0.15) is 5.56 Å². The highest BCUT2D eigenvalue weighted by atomic mass is 32.2. The Hall–Kier alpha value is -3.34. The summed E-state index contributed by atoms with van der Waals surface area (Å²) in [4.78, 5) is 0. The number of hydrogen-bond donors (Lipinski definition) is 0. The number of nitrogens with zero attached hydrogens (tertiary/aromatic N) is 4. The third-order valence-electron chi connectivity index (χ3n) is 4.42. The van der Waals surface area contributed by atoms with E-state index in [2.05, 4.69) is 15.3 Å². The summed E-state index contributed by atoms with van der Waals surface area (Å²) < 4.78 is 64.3. The second-order valence-corrected chi connectivity index (χ2v) is 7.66. The van der Waals surface area contributed by atoms with Crippen LogP contribution in [0.4, 0.5) is 17.6 Å². The summed E-state index contributed by atoms with van der Waals surface area (Å²) in [5, 5.41) is 12.6. The van der Waals surface area contributed by atoms with Crippen molar-refractivity contribution in [2.45, 2.75) is 11.4 Å². The van der Waals surface area contributed by atoms with Crippen molar-refractivity contribution in [2.24, 2.45) is 7.05 Å². The maximum absolute atomic E-state index is 13.5. The molecule has 0 aliphatic rings. The number of alkyl halides is 3. The molecule has 0 aliphatic carbocycles. The Morgan fingerprint density at radius 3 is 2.53 bits per heavy atom. The summed E-state index contributed by atoms with van der Waals surface area (Å²) in [5.41, 5.74) is 0.790. The summed E-state index contributed by atoms with van der Waals surface area (Å²) in [7, 11) is 1.67. The lowest BCUT2D eigenvalue weighted by Gasteiger charge is -2.06. The van der Waals surface area contributed by atoms with E-state index in [4.69, 9.17) is 9.15 Å². The molecule has 0 spiro atoms. The Bertz CT molecular complexity index is 1210. The molecule has 0 saturated carbocycles. The molecule has 2 aromatic carbocycles. The van der Waals surface area contributed by atoms with Crippen molar-refractivity contribution < 1.29 is 26.7 Å². The fraction of sp³-hybridized carbons (Fsp3) is 0.190. The van der Waals surface area contributed by atoms with Gasteiger partial charge in [-0.1, -0.05) is 36.0 Å². The molecule has 6 nitrogen and oxygen atoms in total. The normalized spacial score (nSPS) is 11.7. The number of para-hydroxylation sites is 1. The molecule has 4 aromatic rings. The van der Waals surface area contributed by atoms with Gasteiger partial charge in [-0.3, -0.25) is 4.68 Å².